The van der Waals surface area contributed by atoms with E-state index in [0.717, 1.165) is 4.68 Å². The van der Waals surface area contributed by atoms with Crippen LogP contribution in [0.1, 0.15) is 25.6 Å². The lowest BCUT2D eigenvalue weighted by molar-refractivity contribution is -0.140. The van der Waals surface area contributed by atoms with E-state index in [1.807, 2.05) is 13.8 Å². The highest BCUT2D eigenvalue weighted by Gasteiger charge is 2.40. The zero-order valence-electron chi connectivity index (χ0n) is 12.9. The van der Waals surface area contributed by atoms with Crippen LogP contribution in [0.2, 0.25) is 0 Å². The average Bonchev–Trinajstić information content (AvgIpc) is 3.12. The maximum Gasteiger partial charge on any atom is 0.435 e. The lowest BCUT2D eigenvalue weighted by atomic mass is 10.1. The van der Waals surface area contributed by atoms with Gasteiger partial charge in [-0.3, -0.25) is 4.68 Å². The number of rotatable bonds is 3. The van der Waals surface area contributed by atoms with Gasteiger partial charge in [0, 0.05) is 30.2 Å². The summed E-state index contributed by atoms with van der Waals surface area (Å²) in [5.74, 6) is -0.236. The molecule has 0 unspecified atom stereocenters. The minimum absolute atomic E-state index is 0.00168. The third-order valence-corrected chi connectivity index (χ3v) is 3.35. The number of anilines is 1. The number of nitrogens with zero attached hydrogens (tertiary/aromatic N) is 6. The molecule has 0 fully saturated rings. The summed E-state index contributed by atoms with van der Waals surface area (Å²) in [6, 6.07) is 1.54. The average molecular weight is 337 g/mol. The molecular weight excluding hydrogens is 323 g/mol. The number of nitrogens with two attached hydrogens (primary N) is 1. The first-order valence-corrected chi connectivity index (χ1v) is 7.06. The fraction of sp³-hybridized carbons (Fsp3) is 0.286. The van der Waals surface area contributed by atoms with Crippen LogP contribution in [0.4, 0.5) is 19.0 Å². The molecule has 0 radical (unpaired) electrons. The maximum atomic E-state index is 13.4. The molecule has 3 heterocycles. The van der Waals surface area contributed by atoms with E-state index in [9.17, 15) is 13.2 Å². The molecule has 24 heavy (non-hydrogen) atoms. The summed E-state index contributed by atoms with van der Waals surface area (Å²) in [4.78, 5) is 7.79. The molecular formula is C14H14F3N7. The highest BCUT2D eigenvalue weighted by atomic mass is 19.4. The van der Waals surface area contributed by atoms with Crippen molar-refractivity contribution in [2.75, 3.05) is 5.73 Å². The van der Waals surface area contributed by atoms with Crippen LogP contribution in [0.15, 0.2) is 30.9 Å². The molecule has 10 heteroatoms. The van der Waals surface area contributed by atoms with Crippen LogP contribution in [-0.4, -0.2) is 29.5 Å². The van der Waals surface area contributed by atoms with Crippen molar-refractivity contribution in [1.29, 1.82) is 0 Å². The highest BCUT2D eigenvalue weighted by molar-refractivity contribution is 5.77. The van der Waals surface area contributed by atoms with Crippen molar-refractivity contribution in [2.24, 2.45) is 0 Å². The molecule has 3 aromatic rings. The molecule has 0 aliphatic heterocycles. The van der Waals surface area contributed by atoms with Crippen LogP contribution < -0.4 is 5.73 Å². The maximum absolute atomic E-state index is 13.4. The van der Waals surface area contributed by atoms with Crippen LogP contribution in [-0.2, 0) is 6.18 Å². The largest absolute Gasteiger partial charge is 0.435 e. The van der Waals surface area contributed by atoms with Gasteiger partial charge in [-0.1, -0.05) is 0 Å². The Labute approximate surface area is 134 Å². The normalized spacial score (nSPS) is 12.1. The van der Waals surface area contributed by atoms with Gasteiger partial charge >= 0.3 is 6.18 Å². The van der Waals surface area contributed by atoms with Gasteiger partial charge in [0.05, 0.1) is 11.8 Å². The molecule has 3 aromatic heterocycles. The standard InChI is InChI=1S/C14H14F3N7/c1-8(2)23-7-9(6-21-23)10-11(14(15,16)17)22-24(12(10)18)13-19-4-3-5-20-13/h3-8H,18H2,1-2H3. The van der Waals surface area contributed by atoms with Crippen molar-refractivity contribution < 1.29 is 13.2 Å². The Morgan fingerprint density at radius 2 is 1.83 bits per heavy atom. The van der Waals surface area contributed by atoms with Gasteiger partial charge in [-0.15, -0.1) is 0 Å². The lowest BCUT2D eigenvalue weighted by Gasteiger charge is -2.05. The predicted molar refractivity (Wildman–Crippen MR) is 80.2 cm³/mol. The fourth-order valence-corrected chi connectivity index (χ4v) is 2.22. The second kappa shape index (κ2) is 5.62. The van der Waals surface area contributed by atoms with Crippen LogP contribution in [0.5, 0.6) is 0 Å². The summed E-state index contributed by atoms with van der Waals surface area (Å²) in [7, 11) is 0. The van der Waals surface area contributed by atoms with E-state index in [1.54, 1.807) is 10.7 Å². The van der Waals surface area contributed by atoms with E-state index in [2.05, 4.69) is 20.2 Å². The minimum atomic E-state index is -4.68. The second-order valence-corrected chi connectivity index (χ2v) is 5.37. The van der Waals surface area contributed by atoms with Gasteiger partial charge in [-0.2, -0.15) is 28.1 Å². The summed E-state index contributed by atoms with van der Waals surface area (Å²) < 4.78 is 42.7. The van der Waals surface area contributed by atoms with Gasteiger partial charge in [0.1, 0.15) is 5.82 Å². The van der Waals surface area contributed by atoms with E-state index in [1.165, 1.54) is 24.8 Å². The first-order valence-electron chi connectivity index (χ1n) is 7.06. The monoisotopic (exact) mass is 337 g/mol. The molecule has 3 rings (SSSR count). The zero-order valence-corrected chi connectivity index (χ0v) is 12.9. The quantitative estimate of drug-likeness (QED) is 0.794. The Bertz CT molecular complexity index is 849. The number of nitrogen functional groups attached to an aromatic ring is 1. The molecule has 2 N–H and O–H groups in total. The van der Waals surface area contributed by atoms with Gasteiger partial charge in [0.15, 0.2) is 5.69 Å². The molecule has 0 aliphatic rings. The molecule has 0 saturated carbocycles. The number of aromatic nitrogens is 6. The summed E-state index contributed by atoms with van der Waals surface area (Å²) in [5.41, 5.74) is 4.83. The molecule has 0 aliphatic carbocycles. The number of alkyl halides is 3. The van der Waals surface area contributed by atoms with E-state index in [-0.39, 0.29) is 28.9 Å². The Morgan fingerprint density at radius 3 is 2.38 bits per heavy atom. The molecule has 126 valence electrons. The third kappa shape index (κ3) is 2.70. The van der Waals surface area contributed by atoms with E-state index >= 15 is 0 Å². The Morgan fingerprint density at radius 1 is 1.17 bits per heavy atom. The molecule has 0 atom stereocenters. The van der Waals surface area contributed by atoms with Crippen molar-refractivity contribution in [3.8, 4) is 17.1 Å². The number of hydrogen-bond donors (Lipinski definition) is 1. The van der Waals surface area contributed by atoms with E-state index in [0.29, 0.717) is 0 Å². The molecule has 0 saturated heterocycles. The predicted octanol–water partition coefficient (Wildman–Crippen LogP) is 2.71. The summed E-state index contributed by atoms with van der Waals surface area (Å²) in [6.07, 6.45) is 0.950. The Kier molecular flexibility index (Phi) is 3.74. The lowest BCUT2D eigenvalue weighted by Crippen LogP contribution is -2.09. The van der Waals surface area contributed by atoms with Crippen LogP contribution >= 0.6 is 0 Å². The van der Waals surface area contributed by atoms with E-state index < -0.39 is 11.9 Å². The van der Waals surface area contributed by atoms with Gasteiger partial charge in [-0.05, 0) is 19.9 Å². The minimum Gasteiger partial charge on any atom is -0.383 e. The number of halogens is 3. The highest BCUT2D eigenvalue weighted by Crippen LogP contribution is 2.40. The zero-order chi connectivity index (χ0) is 17.5. The van der Waals surface area contributed by atoms with Crippen molar-refractivity contribution in [3.63, 3.8) is 0 Å². The molecule has 0 aromatic carbocycles. The first-order chi connectivity index (χ1) is 11.3. The second-order valence-electron chi connectivity index (χ2n) is 5.37. The summed E-state index contributed by atoms with van der Waals surface area (Å²) >= 11 is 0. The smallest absolute Gasteiger partial charge is 0.383 e. The molecule has 0 spiro atoms. The molecule has 0 bridgehead atoms. The molecule has 7 nitrogen and oxygen atoms in total. The van der Waals surface area contributed by atoms with E-state index in [4.69, 9.17) is 5.73 Å². The van der Waals surface area contributed by atoms with Crippen LogP contribution in [0.3, 0.4) is 0 Å². The SMILES string of the molecule is CC(C)n1cc(-c2c(C(F)(F)F)nn(-c3ncccn3)c2N)cn1. The van der Waals surface area contributed by atoms with Crippen molar-refractivity contribution in [2.45, 2.75) is 26.1 Å². The van der Waals surface area contributed by atoms with Gasteiger partial charge in [-0.25, -0.2) is 9.97 Å². The van der Waals surface area contributed by atoms with Gasteiger partial charge in [0.25, 0.3) is 5.95 Å². The van der Waals surface area contributed by atoms with Crippen molar-refractivity contribution >= 4 is 5.82 Å². The Balaban J connectivity index is 2.22. The van der Waals surface area contributed by atoms with Crippen molar-refractivity contribution in [1.82, 2.24) is 29.5 Å². The van der Waals surface area contributed by atoms with Crippen molar-refractivity contribution in [3.05, 3.63) is 36.5 Å². The topological polar surface area (TPSA) is 87.4 Å². The first kappa shape index (κ1) is 16.0. The molecule has 0 amide bonds. The van der Waals surface area contributed by atoms with Gasteiger partial charge in [0.2, 0.25) is 0 Å². The Hall–Kier alpha value is -2.91. The number of hydrogen-bond acceptors (Lipinski definition) is 5. The van der Waals surface area contributed by atoms with Crippen LogP contribution in [0, 0.1) is 0 Å². The fourth-order valence-electron chi connectivity index (χ4n) is 2.22. The third-order valence-electron chi connectivity index (χ3n) is 3.35. The van der Waals surface area contributed by atoms with Gasteiger partial charge < -0.3 is 5.73 Å². The summed E-state index contributed by atoms with van der Waals surface area (Å²) in [6.45, 7) is 3.73. The van der Waals surface area contributed by atoms with Crippen LogP contribution in [0.25, 0.3) is 17.1 Å². The summed E-state index contributed by atoms with van der Waals surface area (Å²) in [5, 5.41) is 7.65.